The molecule has 136 valence electrons. The Morgan fingerprint density at radius 3 is 2.59 bits per heavy atom. The van der Waals surface area contributed by atoms with E-state index in [1.54, 1.807) is 41.2 Å². The molecule has 4 rings (SSSR count). The second kappa shape index (κ2) is 6.66. The van der Waals surface area contributed by atoms with Crippen molar-refractivity contribution in [3.8, 4) is 17.2 Å². The van der Waals surface area contributed by atoms with E-state index in [1.807, 2.05) is 6.07 Å². The van der Waals surface area contributed by atoms with Gasteiger partial charge in [-0.05, 0) is 30.3 Å². The lowest BCUT2D eigenvalue weighted by Gasteiger charge is -2.13. The summed E-state index contributed by atoms with van der Waals surface area (Å²) in [6.07, 6.45) is 4.10. The fraction of sp³-hybridized carbons (Fsp3) is 0.158. The predicted octanol–water partition coefficient (Wildman–Crippen LogP) is 5.03. The predicted molar refractivity (Wildman–Crippen MR) is 99.1 cm³/mol. The van der Waals surface area contributed by atoms with Gasteiger partial charge >= 0.3 is 0 Å². The van der Waals surface area contributed by atoms with Crippen molar-refractivity contribution in [3.63, 3.8) is 0 Å². The molecule has 0 spiro atoms. The molecular formula is C19H14ClF2N5. The van der Waals surface area contributed by atoms with Crippen molar-refractivity contribution in [2.75, 3.05) is 0 Å². The minimum absolute atomic E-state index is 0.163. The summed E-state index contributed by atoms with van der Waals surface area (Å²) in [6.45, 7) is 1.43. The lowest BCUT2D eigenvalue weighted by molar-refractivity contribution is -0.00847. The van der Waals surface area contributed by atoms with Crippen LogP contribution in [0.25, 0.3) is 28.4 Å². The minimum atomic E-state index is -2.96. The summed E-state index contributed by atoms with van der Waals surface area (Å²) < 4.78 is 29.9. The molecule has 0 fully saturated rings. The highest BCUT2D eigenvalue weighted by Crippen LogP contribution is 2.34. The van der Waals surface area contributed by atoms with Crippen molar-refractivity contribution in [1.82, 2.24) is 24.5 Å². The molecule has 0 saturated carbocycles. The van der Waals surface area contributed by atoms with Crippen LogP contribution in [-0.4, -0.2) is 24.5 Å². The zero-order valence-corrected chi connectivity index (χ0v) is 15.0. The highest BCUT2D eigenvalue weighted by Gasteiger charge is 2.30. The Morgan fingerprint density at radius 2 is 1.93 bits per heavy atom. The quantitative estimate of drug-likeness (QED) is 0.462. The molecule has 4 aromatic rings. The maximum Gasteiger partial charge on any atom is 0.274 e. The van der Waals surface area contributed by atoms with Gasteiger partial charge in [0.1, 0.15) is 16.4 Å². The van der Waals surface area contributed by atoms with Crippen LogP contribution in [0.4, 0.5) is 8.78 Å². The number of hydrogen-bond donors (Lipinski definition) is 0. The molecule has 0 aliphatic rings. The number of rotatable bonds is 4. The summed E-state index contributed by atoms with van der Waals surface area (Å²) in [6, 6.07) is 10.2. The fourth-order valence-electron chi connectivity index (χ4n) is 2.78. The van der Waals surface area contributed by atoms with Gasteiger partial charge in [0.2, 0.25) is 0 Å². The molecular weight excluding hydrogens is 372 g/mol. The van der Waals surface area contributed by atoms with E-state index >= 15 is 0 Å². The number of fused-ring (bicyclic) bond motifs is 1. The van der Waals surface area contributed by atoms with Crippen LogP contribution >= 0.6 is 11.6 Å². The minimum Gasteiger partial charge on any atom is -0.274 e. The molecule has 0 aliphatic heterocycles. The monoisotopic (exact) mass is 385 g/mol. The number of halogens is 3. The maximum absolute atomic E-state index is 14.1. The molecule has 0 saturated heterocycles. The van der Waals surface area contributed by atoms with Crippen LogP contribution in [0.2, 0.25) is 5.15 Å². The summed E-state index contributed by atoms with van der Waals surface area (Å²) in [4.78, 5) is 17.2. The molecule has 0 N–H and O–H groups in total. The van der Waals surface area contributed by atoms with E-state index in [9.17, 15) is 8.78 Å². The Balaban J connectivity index is 1.99. The first kappa shape index (κ1) is 17.5. The second-order valence-corrected chi connectivity index (χ2v) is 6.34. The average Bonchev–Trinajstić information content (AvgIpc) is 3.08. The molecule has 0 aromatic carbocycles. The summed E-state index contributed by atoms with van der Waals surface area (Å²) in [5, 5.41) is 0.348. The summed E-state index contributed by atoms with van der Waals surface area (Å²) in [5.41, 5.74) is 1.88. The van der Waals surface area contributed by atoms with Crippen molar-refractivity contribution < 1.29 is 8.78 Å². The van der Waals surface area contributed by atoms with Gasteiger partial charge in [0.25, 0.3) is 5.92 Å². The zero-order valence-electron chi connectivity index (χ0n) is 14.3. The Hall–Kier alpha value is -2.93. The number of alkyl halides is 2. The standard InChI is InChI=1S/C19H14ClF2N5/c1-2-19(21,22)12-9-15-17(25-10-12)27(13-6-7-16(20)24-11-13)18(26-15)14-5-3-4-8-23-14/h3-11H,2H2,1H3. The smallest absolute Gasteiger partial charge is 0.274 e. The number of hydrogen-bond acceptors (Lipinski definition) is 4. The number of imidazole rings is 1. The van der Waals surface area contributed by atoms with E-state index in [-0.39, 0.29) is 12.0 Å². The van der Waals surface area contributed by atoms with Crippen LogP contribution in [0.5, 0.6) is 0 Å². The Labute approximate surface area is 158 Å². The van der Waals surface area contributed by atoms with Crippen molar-refractivity contribution in [2.45, 2.75) is 19.3 Å². The van der Waals surface area contributed by atoms with E-state index in [0.29, 0.717) is 33.5 Å². The molecule has 0 unspecified atom stereocenters. The van der Waals surface area contributed by atoms with Gasteiger partial charge in [0.05, 0.1) is 11.9 Å². The lowest BCUT2D eigenvalue weighted by Crippen LogP contribution is -2.11. The van der Waals surface area contributed by atoms with E-state index < -0.39 is 5.92 Å². The van der Waals surface area contributed by atoms with E-state index in [1.165, 1.54) is 19.2 Å². The molecule has 27 heavy (non-hydrogen) atoms. The Bertz CT molecular complexity index is 1090. The van der Waals surface area contributed by atoms with Gasteiger partial charge in [-0.2, -0.15) is 0 Å². The van der Waals surface area contributed by atoms with Crippen molar-refractivity contribution in [1.29, 1.82) is 0 Å². The number of nitrogens with zero attached hydrogens (tertiary/aromatic N) is 5. The topological polar surface area (TPSA) is 56.5 Å². The van der Waals surface area contributed by atoms with Crippen LogP contribution in [0.15, 0.2) is 55.0 Å². The highest BCUT2D eigenvalue weighted by atomic mass is 35.5. The molecule has 4 heterocycles. The van der Waals surface area contributed by atoms with E-state index in [2.05, 4.69) is 19.9 Å². The molecule has 0 bridgehead atoms. The van der Waals surface area contributed by atoms with Crippen molar-refractivity contribution >= 4 is 22.8 Å². The summed E-state index contributed by atoms with van der Waals surface area (Å²) >= 11 is 5.89. The van der Waals surface area contributed by atoms with E-state index in [4.69, 9.17) is 11.6 Å². The second-order valence-electron chi connectivity index (χ2n) is 5.95. The molecule has 4 aromatic heterocycles. The number of aromatic nitrogens is 5. The third kappa shape index (κ3) is 3.14. The van der Waals surface area contributed by atoms with Crippen LogP contribution in [0, 0.1) is 0 Å². The Morgan fingerprint density at radius 1 is 1.07 bits per heavy atom. The number of pyridine rings is 3. The zero-order chi connectivity index (χ0) is 19.0. The molecule has 5 nitrogen and oxygen atoms in total. The third-order valence-corrected chi connectivity index (χ3v) is 4.45. The lowest BCUT2D eigenvalue weighted by atomic mass is 10.1. The largest absolute Gasteiger partial charge is 0.274 e. The van der Waals surface area contributed by atoms with Gasteiger partial charge in [-0.15, -0.1) is 0 Å². The maximum atomic E-state index is 14.1. The first-order valence-corrected chi connectivity index (χ1v) is 8.67. The van der Waals surface area contributed by atoms with Gasteiger partial charge in [-0.1, -0.05) is 24.6 Å². The third-order valence-electron chi connectivity index (χ3n) is 4.23. The SMILES string of the molecule is CCC(F)(F)c1cnc2c(c1)nc(-c1ccccn1)n2-c1ccc(Cl)nc1. The first-order chi connectivity index (χ1) is 13.0. The average molecular weight is 386 g/mol. The molecule has 0 radical (unpaired) electrons. The molecule has 0 aliphatic carbocycles. The first-order valence-electron chi connectivity index (χ1n) is 8.30. The summed E-state index contributed by atoms with van der Waals surface area (Å²) in [5.74, 6) is -2.48. The summed E-state index contributed by atoms with van der Waals surface area (Å²) in [7, 11) is 0. The van der Waals surface area contributed by atoms with Gasteiger partial charge in [-0.25, -0.2) is 23.7 Å². The van der Waals surface area contributed by atoms with Gasteiger partial charge in [-0.3, -0.25) is 9.55 Å². The van der Waals surface area contributed by atoms with Gasteiger partial charge in [0.15, 0.2) is 11.5 Å². The molecule has 0 amide bonds. The Kier molecular flexibility index (Phi) is 4.31. The van der Waals surface area contributed by atoms with Gasteiger partial charge in [0, 0.05) is 24.4 Å². The van der Waals surface area contributed by atoms with Crippen molar-refractivity contribution in [2.24, 2.45) is 0 Å². The van der Waals surface area contributed by atoms with Crippen LogP contribution in [0.1, 0.15) is 18.9 Å². The van der Waals surface area contributed by atoms with E-state index in [0.717, 1.165) is 0 Å². The molecule has 8 heteroatoms. The van der Waals surface area contributed by atoms with Crippen LogP contribution < -0.4 is 0 Å². The fourth-order valence-corrected chi connectivity index (χ4v) is 2.89. The van der Waals surface area contributed by atoms with Crippen LogP contribution in [0.3, 0.4) is 0 Å². The van der Waals surface area contributed by atoms with Crippen molar-refractivity contribution in [3.05, 3.63) is 65.7 Å². The highest BCUT2D eigenvalue weighted by molar-refractivity contribution is 6.29. The van der Waals surface area contributed by atoms with Crippen LogP contribution in [-0.2, 0) is 5.92 Å². The normalized spacial score (nSPS) is 11.9. The molecule has 0 atom stereocenters. The van der Waals surface area contributed by atoms with Gasteiger partial charge < -0.3 is 0 Å².